The molecule has 0 fully saturated rings. The smallest absolute Gasteiger partial charge is 0.126 e. The lowest BCUT2D eigenvalue weighted by Crippen LogP contribution is -2.35. The van der Waals surface area contributed by atoms with Gasteiger partial charge < -0.3 is 10.4 Å². The van der Waals surface area contributed by atoms with Gasteiger partial charge in [-0.3, -0.25) is 0 Å². The molecule has 0 spiro atoms. The first-order chi connectivity index (χ1) is 7.47. The van der Waals surface area contributed by atoms with Crippen LogP contribution < -0.4 is 5.32 Å². The number of rotatable bonds is 5. The minimum absolute atomic E-state index is 0.235. The van der Waals surface area contributed by atoms with E-state index in [1.54, 1.807) is 26.0 Å². The van der Waals surface area contributed by atoms with Crippen LogP contribution in [0.2, 0.25) is 0 Å². The molecule has 0 aliphatic heterocycles. The van der Waals surface area contributed by atoms with Crippen LogP contribution in [0.1, 0.15) is 31.4 Å². The van der Waals surface area contributed by atoms with Gasteiger partial charge in [-0.15, -0.1) is 0 Å². The van der Waals surface area contributed by atoms with Crippen LogP contribution >= 0.6 is 0 Å². The molecule has 0 bridgehead atoms. The van der Waals surface area contributed by atoms with Crippen molar-refractivity contribution in [1.82, 2.24) is 5.32 Å². The Morgan fingerprint density at radius 2 is 2.12 bits per heavy atom. The number of halogens is 1. The summed E-state index contributed by atoms with van der Waals surface area (Å²) in [6.45, 7) is 6.86. The first-order valence-corrected chi connectivity index (χ1v) is 5.67. The summed E-state index contributed by atoms with van der Waals surface area (Å²) in [7, 11) is 0. The molecule has 2 nitrogen and oxygen atoms in total. The second kappa shape index (κ2) is 5.41. The predicted molar refractivity (Wildman–Crippen MR) is 63.9 cm³/mol. The fourth-order valence-corrected chi connectivity index (χ4v) is 1.59. The maximum absolute atomic E-state index is 13.1. The Hall–Kier alpha value is -0.930. The van der Waals surface area contributed by atoms with Gasteiger partial charge in [-0.2, -0.15) is 0 Å². The standard InChI is InChI=1S/C13H20FNO/c1-4-7-15-9-13(3,16)11-5-6-12(14)10(2)8-11/h5-6,8,15-16H,4,7,9H2,1-3H3. The summed E-state index contributed by atoms with van der Waals surface area (Å²) >= 11 is 0. The fourth-order valence-electron chi connectivity index (χ4n) is 1.59. The second-order valence-corrected chi connectivity index (χ2v) is 4.41. The number of aliphatic hydroxyl groups is 1. The number of nitrogens with one attached hydrogen (secondary N) is 1. The van der Waals surface area contributed by atoms with Gasteiger partial charge in [-0.1, -0.05) is 19.1 Å². The van der Waals surface area contributed by atoms with E-state index in [1.165, 1.54) is 6.07 Å². The highest BCUT2D eigenvalue weighted by Gasteiger charge is 2.22. The molecule has 0 amide bonds. The first-order valence-electron chi connectivity index (χ1n) is 5.67. The molecule has 1 aromatic rings. The zero-order valence-electron chi connectivity index (χ0n) is 10.2. The van der Waals surface area contributed by atoms with Crippen LogP contribution in [0.25, 0.3) is 0 Å². The van der Waals surface area contributed by atoms with Crippen LogP contribution in [0, 0.1) is 12.7 Å². The highest BCUT2D eigenvalue weighted by molar-refractivity contribution is 5.28. The molecule has 0 radical (unpaired) electrons. The molecule has 1 aromatic carbocycles. The van der Waals surface area contributed by atoms with Crippen LogP contribution in [-0.2, 0) is 5.60 Å². The Morgan fingerprint density at radius 3 is 2.69 bits per heavy atom. The van der Waals surface area contributed by atoms with Gasteiger partial charge in [0, 0.05) is 6.54 Å². The minimum atomic E-state index is -0.951. The Balaban J connectivity index is 2.76. The van der Waals surface area contributed by atoms with Crippen molar-refractivity contribution in [2.75, 3.05) is 13.1 Å². The molecule has 0 saturated carbocycles. The van der Waals surface area contributed by atoms with Gasteiger partial charge in [0.05, 0.1) is 5.60 Å². The highest BCUT2D eigenvalue weighted by Crippen LogP contribution is 2.21. The van der Waals surface area contributed by atoms with E-state index in [0.717, 1.165) is 18.5 Å². The van der Waals surface area contributed by atoms with Crippen molar-refractivity contribution in [2.24, 2.45) is 0 Å². The fraction of sp³-hybridized carbons (Fsp3) is 0.538. The molecule has 0 aromatic heterocycles. The summed E-state index contributed by atoms with van der Waals surface area (Å²) in [5.41, 5.74) is 0.358. The molecule has 90 valence electrons. The largest absolute Gasteiger partial charge is 0.384 e. The van der Waals surface area contributed by atoms with Gasteiger partial charge in [0.2, 0.25) is 0 Å². The van der Waals surface area contributed by atoms with Crippen molar-refractivity contribution in [1.29, 1.82) is 0 Å². The van der Waals surface area contributed by atoms with Crippen LogP contribution in [0.15, 0.2) is 18.2 Å². The molecule has 1 unspecified atom stereocenters. The summed E-state index contributed by atoms with van der Waals surface area (Å²) in [5, 5.41) is 13.4. The first kappa shape index (κ1) is 13.1. The van der Waals surface area contributed by atoms with Crippen LogP contribution in [0.5, 0.6) is 0 Å². The van der Waals surface area contributed by atoms with Gasteiger partial charge in [-0.05, 0) is 44.0 Å². The molecule has 2 N–H and O–H groups in total. The van der Waals surface area contributed by atoms with Crippen molar-refractivity contribution in [3.63, 3.8) is 0 Å². The summed E-state index contributed by atoms with van der Waals surface area (Å²) in [5.74, 6) is -0.235. The van der Waals surface area contributed by atoms with Crippen molar-refractivity contribution in [3.8, 4) is 0 Å². The number of hydrogen-bond acceptors (Lipinski definition) is 2. The molecule has 1 rings (SSSR count). The molecule has 0 aliphatic rings. The van der Waals surface area contributed by atoms with E-state index in [1.807, 2.05) is 0 Å². The number of aryl methyl sites for hydroxylation is 1. The van der Waals surface area contributed by atoms with Crippen molar-refractivity contribution in [3.05, 3.63) is 35.1 Å². The van der Waals surface area contributed by atoms with Gasteiger partial charge in [0.25, 0.3) is 0 Å². The van der Waals surface area contributed by atoms with Crippen LogP contribution in [0.4, 0.5) is 4.39 Å². The van der Waals surface area contributed by atoms with E-state index in [2.05, 4.69) is 12.2 Å². The lowest BCUT2D eigenvalue weighted by atomic mass is 9.94. The average molecular weight is 225 g/mol. The third-order valence-corrected chi connectivity index (χ3v) is 2.68. The Bertz CT molecular complexity index is 350. The van der Waals surface area contributed by atoms with Crippen molar-refractivity contribution >= 4 is 0 Å². The normalized spacial score (nSPS) is 14.8. The topological polar surface area (TPSA) is 32.3 Å². The van der Waals surface area contributed by atoms with Crippen molar-refractivity contribution in [2.45, 2.75) is 32.8 Å². The predicted octanol–water partition coefficient (Wildman–Crippen LogP) is 2.34. The molecule has 1 atom stereocenters. The molecule has 0 aliphatic carbocycles. The van der Waals surface area contributed by atoms with E-state index >= 15 is 0 Å². The molecule has 16 heavy (non-hydrogen) atoms. The minimum Gasteiger partial charge on any atom is -0.384 e. The van der Waals surface area contributed by atoms with Gasteiger partial charge >= 0.3 is 0 Å². The van der Waals surface area contributed by atoms with Gasteiger partial charge in [-0.25, -0.2) is 4.39 Å². The van der Waals surface area contributed by atoms with Crippen LogP contribution in [-0.4, -0.2) is 18.2 Å². The highest BCUT2D eigenvalue weighted by atomic mass is 19.1. The zero-order valence-corrected chi connectivity index (χ0v) is 10.2. The van der Waals surface area contributed by atoms with Gasteiger partial charge in [0.1, 0.15) is 5.82 Å². The van der Waals surface area contributed by atoms with E-state index in [4.69, 9.17) is 0 Å². The maximum atomic E-state index is 13.1. The van der Waals surface area contributed by atoms with Crippen LogP contribution in [0.3, 0.4) is 0 Å². The summed E-state index contributed by atoms with van der Waals surface area (Å²) in [4.78, 5) is 0. The van der Waals surface area contributed by atoms with E-state index < -0.39 is 5.60 Å². The monoisotopic (exact) mass is 225 g/mol. The van der Waals surface area contributed by atoms with E-state index in [-0.39, 0.29) is 5.82 Å². The third-order valence-electron chi connectivity index (χ3n) is 2.68. The van der Waals surface area contributed by atoms with Gasteiger partial charge in [0.15, 0.2) is 0 Å². The molecular formula is C13H20FNO. The molecule has 3 heteroatoms. The van der Waals surface area contributed by atoms with Crippen molar-refractivity contribution < 1.29 is 9.50 Å². The number of hydrogen-bond donors (Lipinski definition) is 2. The average Bonchev–Trinajstić information content (AvgIpc) is 2.22. The third kappa shape index (κ3) is 3.29. The van der Waals surface area contributed by atoms with E-state index in [9.17, 15) is 9.50 Å². The lowest BCUT2D eigenvalue weighted by Gasteiger charge is -2.24. The Morgan fingerprint density at radius 1 is 1.44 bits per heavy atom. The maximum Gasteiger partial charge on any atom is 0.126 e. The molecule has 0 heterocycles. The zero-order chi connectivity index (χ0) is 12.2. The lowest BCUT2D eigenvalue weighted by molar-refractivity contribution is 0.0571. The quantitative estimate of drug-likeness (QED) is 0.754. The summed E-state index contributed by atoms with van der Waals surface area (Å²) in [6.07, 6.45) is 1.03. The number of benzene rings is 1. The Kier molecular flexibility index (Phi) is 4.44. The second-order valence-electron chi connectivity index (χ2n) is 4.41. The Labute approximate surface area is 96.5 Å². The van der Waals surface area contributed by atoms with E-state index in [0.29, 0.717) is 12.1 Å². The summed E-state index contributed by atoms with van der Waals surface area (Å²) < 4.78 is 13.1. The molecule has 0 saturated heterocycles. The SMILES string of the molecule is CCCNCC(C)(O)c1ccc(F)c(C)c1. The summed E-state index contributed by atoms with van der Waals surface area (Å²) in [6, 6.07) is 4.73. The molecular weight excluding hydrogens is 205 g/mol.